The molecule has 0 spiro atoms. The Bertz CT molecular complexity index is 518. The molecule has 5 atom stereocenters. The Labute approximate surface area is 99.5 Å². The highest BCUT2D eigenvalue weighted by atomic mass is 16.4. The van der Waals surface area contributed by atoms with E-state index < -0.39 is 41.3 Å². The second kappa shape index (κ2) is 3.80. The van der Waals surface area contributed by atoms with Crippen molar-refractivity contribution in [2.45, 2.75) is 18.0 Å². The van der Waals surface area contributed by atoms with Gasteiger partial charge in [0.25, 0.3) is 0 Å². The van der Waals surface area contributed by atoms with Crippen molar-refractivity contribution in [3.05, 3.63) is 20.9 Å². The van der Waals surface area contributed by atoms with Crippen molar-refractivity contribution in [2.24, 2.45) is 28.0 Å². The predicted octanol–water partition coefficient (Wildman–Crippen LogP) is 1.15. The van der Waals surface area contributed by atoms with E-state index in [-0.39, 0.29) is 6.42 Å². The van der Waals surface area contributed by atoms with Crippen LogP contribution in [0, 0.1) is 17.8 Å². The van der Waals surface area contributed by atoms with Gasteiger partial charge in [-0.2, -0.15) is 0 Å². The lowest BCUT2D eigenvalue weighted by atomic mass is 9.87. The van der Waals surface area contributed by atoms with Crippen LogP contribution in [0.5, 0.6) is 0 Å². The van der Waals surface area contributed by atoms with Crippen LogP contribution >= 0.6 is 0 Å². The van der Waals surface area contributed by atoms with Gasteiger partial charge in [0.15, 0.2) is 5.54 Å². The molecule has 0 aromatic rings. The third kappa shape index (κ3) is 1.30. The number of azide groups is 2. The van der Waals surface area contributed by atoms with E-state index in [1.165, 1.54) is 0 Å². The molecule has 2 fully saturated rings. The van der Waals surface area contributed by atoms with Crippen molar-refractivity contribution >= 4 is 11.9 Å². The number of fused-ring (bicyclic) bond motifs is 1. The van der Waals surface area contributed by atoms with Gasteiger partial charge in [0.05, 0.1) is 12.0 Å². The van der Waals surface area contributed by atoms with E-state index in [0.29, 0.717) is 0 Å². The van der Waals surface area contributed by atoms with Gasteiger partial charge >= 0.3 is 11.9 Å². The average molecular weight is 252 g/mol. The second-order valence-electron chi connectivity index (χ2n) is 4.33. The molecule has 0 saturated heterocycles. The predicted molar refractivity (Wildman–Crippen MR) is 55.2 cm³/mol. The Hall–Kier alpha value is -2.44. The Kier molecular flexibility index (Phi) is 2.54. The summed E-state index contributed by atoms with van der Waals surface area (Å²) in [6, 6.07) is -1.04. The molecule has 10 heteroatoms. The quantitative estimate of drug-likeness (QED) is 0.434. The lowest BCUT2D eigenvalue weighted by Crippen LogP contribution is -2.47. The summed E-state index contributed by atoms with van der Waals surface area (Å²) in [7, 11) is 0. The van der Waals surface area contributed by atoms with E-state index in [2.05, 4.69) is 20.1 Å². The van der Waals surface area contributed by atoms with E-state index in [9.17, 15) is 14.7 Å². The molecule has 0 bridgehead atoms. The van der Waals surface area contributed by atoms with Crippen LogP contribution < -0.4 is 0 Å². The summed E-state index contributed by atoms with van der Waals surface area (Å²) in [5.74, 6) is -4.65. The minimum atomic E-state index is -1.98. The number of aliphatic carboxylic acids is 2. The molecule has 2 aliphatic rings. The topological polar surface area (TPSA) is 172 Å². The van der Waals surface area contributed by atoms with Crippen LogP contribution in [0.25, 0.3) is 20.9 Å². The fraction of sp³-hybridized carbons (Fsp3) is 0.750. The molecule has 0 heterocycles. The largest absolute Gasteiger partial charge is 0.481 e. The van der Waals surface area contributed by atoms with Crippen molar-refractivity contribution in [1.82, 2.24) is 0 Å². The Morgan fingerprint density at radius 2 is 1.94 bits per heavy atom. The maximum Gasteiger partial charge on any atom is 0.316 e. The minimum Gasteiger partial charge on any atom is -0.481 e. The molecule has 0 amide bonds. The molecule has 2 N–H and O–H groups in total. The van der Waals surface area contributed by atoms with Gasteiger partial charge in [0.1, 0.15) is 0 Å². The summed E-state index contributed by atoms with van der Waals surface area (Å²) >= 11 is 0. The molecule has 18 heavy (non-hydrogen) atoms. The number of rotatable bonds is 4. The number of nitrogens with zero attached hydrogens (tertiary/aromatic N) is 6. The highest BCUT2D eigenvalue weighted by Crippen LogP contribution is 2.64. The van der Waals surface area contributed by atoms with E-state index in [0.717, 1.165) is 0 Å². The first kappa shape index (κ1) is 12.0. The van der Waals surface area contributed by atoms with Crippen molar-refractivity contribution in [3.8, 4) is 0 Å². The van der Waals surface area contributed by atoms with Gasteiger partial charge in [-0.15, -0.1) is 0 Å². The Morgan fingerprint density at radius 1 is 1.28 bits per heavy atom. The van der Waals surface area contributed by atoms with Crippen LogP contribution in [0.2, 0.25) is 0 Å². The summed E-state index contributed by atoms with van der Waals surface area (Å²) in [6.45, 7) is 0. The summed E-state index contributed by atoms with van der Waals surface area (Å²) in [6.07, 6.45) is 0.108. The first-order valence-electron chi connectivity index (χ1n) is 5.07. The van der Waals surface area contributed by atoms with Crippen LogP contribution in [-0.2, 0) is 9.59 Å². The van der Waals surface area contributed by atoms with Crippen LogP contribution in [0.15, 0.2) is 10.2 Å². The smallest absolute Gasteiger partial charge is 0.316 e. The molecule has 0 aromatic heterocycles. The number of carboxylic acids is 2. The molecule has 0 radical (unpaired) electrons. The lowest BCUT2D eigenvalue weighted by molar-refractivity contribution is -0.145. The zero-order valence-electron chi connectivity index (χ0n) is 8.91. The van der Waals surface area contributed by atoms with Crippen LogP contribution in [-0.4, -0.2) is 33.7 Å². The van der Waals surface area contributed by atoms with E-state index in [1.807, 2.05) is 0 Å². The number of carboxylic acid groups (broad SMARTS) is 2. The highest BCUT2D eigenvalue weighted by Gasteiger charge is 2.75. The molecule has 0 aliphatic heterocycles. The summed E-state index contributed by atoms with van der Waals surface area (Å²) in [5, 5.41) is 24.8. The highest BCUT2D eigenvalue weighted by molar-refractivity contribution is 5.86. The summed E-state index contributed by atoms with van der Waals surface area (Å²) < 4.78 is 0. The number of hydrogen-bond acceptors (Lipinski definition) is 4. The monoisotopic (exact) mass is 252 g/mol. The van der Waals surface area contributed by atoms with Crippen LogP contribution in [0.1, 0.15) is 6.42 Å². The van der Waals surface area contributed by atoms with Crippen molar-refractivity contribution in [3.63, 3.8) is 0 Å². The maximum atomic E-state index is 11.4. The molecule has 2 rings (SSSR count). The fourth-order valence-electron chi connectivity index (χ4n) is 3.00. The van der Waals surface area contributed by atoms with Crippen molar-refractivity contribution in [1.29, 1.82) is 0 Å². The zero-order valence-corrected chi connectivity index (χ0v) is 8.91. The SMILES string of the molecule is [N-]=[N+]=N[C@H]1C[C@H]2[C@H](C(=O)O)[C@H]2[C@]1(N=[N+]=[N-])C(=O)O. The molecule has 0 unspecified atom stereocenters. The second-order valence-corrected chi connectivity index (χ2v) is 4.33. The molecule has 10 nitrogen and oxygen atoms in total. The third-order valence-corrected chi connectivity index (χ3v) is 3.71. The van der Waals surface area contributed by atoms with Gasteiger partial charge in [0.2, 0.25) is 0 Å². The van der Waals surface area contributed by atoms with Gasteiger partial charge in [-0.05, 0) is 29.3 Å². The first-order valence-corrected chi connectivity index (χ1v) is 5.07. The molecular weight excluding hydrogens is 244 g/mol. The van der Waals surface area contributed by atoms with Gasteiger partial charge in [-0.25, -0.2) is 0 Å². The number of carbonyl (C=O) groups is 2. The third-order valence-electron chi connectivity index (χ3n) is 3.71. The zero-order chi connectivity index (χ0) is 13.5. The van der Waals surface area contributed by atoms with Gasteiger partial charge in [0, 0.05) is 9.82 Å². The van der Waals surface area contributed by atoms with Gasteiger partial charge < -0.3 is 10.2 Å². The summed E-state index contributed by atoms with van der Waals surface area (Å²) in [4.78, 5) is 27.3. The first-order chi connectivity index (χ1) is 8.50. The molecule has 0 aromatic carbocycles. The fourth-order valence-corrected chi connectivity index (χ4v) is 3.00. The molecule has 94 valence electrons. The van der Waals surface area contributed by atoms with E-state index in [1.54, 1.807) is 0 Å². The maximum absolute atomic E-state index is 11.4. The van der Waals surface area contributed by atoms with Crippen LogP contribution in [0.4, 0.5) is 0 Å². The average Bonchev–Trinajstić information content (AvgIpc) is 2.92. The van der Waals surface area contributed by atoms with E-state index in [4.69, 9.17) is 16.2 Å². The molecule has 2 aliphatic carbocycles. The van der Waals surface area contributed by atoms with Crippen LogP contribution in [0.3, 0.4) is 0 Å². The van der Waals surface area contributed by atoms with Gasteiger partial charge in [-0.1, -0.05) is 10.2 Å². The van der Waals surface area contributed by atoms with Gasteiger partial charge in [-0.3, -0.25) is 9.59 Å². The number of hydrogen-bond donors (Lipinski definition) is 2. The summed E-state index contributed by atoms with van der Waals surface area (Å²) in [5.41, 5.74) is 14.9. The standard InChI is InChI=1S/C8H8N6O4/c9-13-11-3-1-2-4(6(15)16)5(2)8(3,7(17)18)12-14-10/h2-5H,1H2,(H,15,16)(H,17,18)/t2-,3-,4-,5-,8-/m0/s1. The molecule has 2 saturated carbocycles. The van der Waals surface area contributed by atoms with Crippen molar-refractivity contribution < 1.29 is 19.8 Å². The Morgan fingerprint density at radius 3 is 2.39 bits per heavy atom. The minimum absolute atomic E-state index is 0.108. The van der Waals surface area contributed by atoms with E-state index >= 15 is 0 Å². The normalized spacial score (nSPS) is 40.0. The molecular formula is C8H8N6O4. The lowest BCUT2D eigenvalue weighted by Gasteiger charge is -2.26. The van der Waals surface area contributed by atoms with Crippen molar-refractivity contribution in [2.75, 3.05) is 0 Å². The Balaban J connectivity index is 2.48.